The monoisotopic (exact) mass is 305 g/mol. The third kappa shape index (κ3) is 5.18. The van der Waals surface area contributed by atoms with Gasteiger partial charge in [-0.15, -0.1) is 0 Å². The second-order valence-corrected chi connectivity index (χ2v) is 5.79. The van der Waals surface area contributed by atoms with Gasteiger partial charge in [0.15, 0.2) is 0 Å². The summed E-state index contributed by atoms with van der Waals surface area (Å²) in [6, 6.07) is 7.87. The number of fused-ring (bicyclic) bond motifs is 1. The van der Waals surface area contributed by atoms with Crippen molar-refractivity contribution in [3.05, 3.63) is 35.5 Å². The normalized spacial score (nSPS) is 11.0. The van der Waals surface area contributed by atoms with Gasteiger partial charge in [-0.25, -0.2) is 0 Å². The first-order valence-corrected chi connectivity index (χ1v) is 8.17. The minimum atomic E-state index is 0.727. The number of hydrogen-bond acceptors (Lipinski definition) is 3. The van der Waals surface area contributed by atoms with Crippen LogP contribution in [0.3, 0.4) is 0 Å². The van der Waals surface area contributed by atoms with Gasteiger partial charge in [-0.2, -0.15) is 0 Å². The van der Waals surface area contributed by atoms with Crippen molar-refractivity contribution in [1.29, 1.82) is 0 Å². The predicted octanol–water partition coefficient (Wildman–Crippen LogP) is 4.60. The molecule has 0 saturated heterocycles. The molecule has 3 N–H and O–H groups in total. The van der Waals surface area contributed by atoms with Crippen LogP contribution in [0.5, 0.6) is 0 Å². The summed E-state index contributed by atoms with van der Waals surface area (Å²) in [7, 11) is 0. The Balaban J connectivity index is 1.76. The van der Waals surface area contributed by atoms with Gasteiger partial charge in [0.2, 0.25) is 0 Å². The van der Waals surface area contributed by atoms with Gasteiger partial charge in [-0.1, -0.05) is 37.3 Å². The number of rotatable bonds is 9. The van der Waals surface area contributed by atoms with Crippen LogP contribution in [-0.4, -0.2) is 18.1 Å². The number of nitrogens with one attached hydrogen (secondary N) is 1. The van der Waals surface area contributed by atoms with Gasteiger partial charge < -0.3 is 11.1 Å². The third-order valence-corrected chi connectivity index (χ3v) is 3.89. The zero-order valence-electron chi connectivity index (χ0n) is 12.4. The maximum absolute atomic E-state index is 6.00. The summed E-state index contributed by atoms with van der Waals surface area (Å²) in [4.78, 5) is 4.35. The van der Waals surface area contributed by atoms with E-state index in [2.05, 4.69) is 10.3 Å². The lowest BCUT2D eigenvalue weighted by Gasteiger charge is -2.09. The van der Waals surface area contributed by atoms with Crippen molar-refractivity contribution < 1.29 is 0 Å². The molecule has 0 atom stereocenters. The molecule has 0 radical (unpaired) electrons. The van der Waals surface area contributed by atoms with Crippen molar-refractivity contribution in [1.82, 2.24) is 4.98 Å². The summed E-state index contributed by atoms with van der Waals surface area (Å²) in [5.74, 6) is 0. The molecule has 0 saturated carbocycles. The zero-order valence-corrected chi connectivity index (χ0v) is 13.2. The molecule has 0 aliphatic rings. The van der Waals surface area contributed by atoms with Crippen molar-refractivity contribution in [3.8, 4) is 0 Å². The van der Waals surface area contributed by atoms with E-state index in [9.17, 15) is 0 Å². The second kappa shape index (κ2) is 8.85. The Kier molecular flexibility index (Phi) is 6.77. The lowest BCUT2D eigenvalue weighted by molar-refractivity contribution is 0.605. The van der Waals surface area contributed by atoms with E-state index in [1.807, 2.05) is 30.5 Å². The van der Waals surface area contributed by atoms with Crippen molar-refractivity contribution in [3.63, 3.8) is 0 Å². The summed E-state index contributed by atoms with van der Waals surface area (Å²) >= 11 is 6.00. The highest BCUT2D eigenvalue weighted by Crippen LogP contribution is 2.24. The maximum atomic E-state index is 6.00. The molecule has 1 heterocycles. The van der Waals surface area contributed by atoms with Gasteiger partial charge in [0.05, 0.1) is 5.52 Å². The average molecular weight is 306 g/mol. The molecular weight excluding hydrogens is 282 g/mol. The predicted molar refractivity (Wildman–Crippen MR) is 92.0 cm³/mol. The number of benzene rings is 1. The second-order valence-electron chi connectivity index (χ2n) is 5.36. The molecule has 114 valence electrons. The van der Waals surface area contributed by atoms with Gasteiger partial charge in [0.25, 0.3) is 0 Å². The molecule has 0 unspecified atom stereocenters. The van der Waals surface area contributed by atoms with E-state index in [1.54, 1.807) is 0 Å². The summed E-state index contributed by atoms with van der Waals surface area (Å²) in [6.45, 7) is 1.82. The fraction of sp³-hybridized carbons (Fsp3) is 0.471. The van der Waals surface area contributed by atoms with E-state index in [1.165, 1.54) is 32.1 Å². The Hall–Kier alpha value is -1.32. The fourth-order valence-corrected chi connectivity index (χ4v) is 2.64. The summed E-state index contributed by atoms with van der Waals surface area (Å²) in [6.07, 6.45) is 9.31. The molecule has 1 aromatic heterocycles. The third-order valence-electron chi connectivity index (χ3n) is 3.65. The Bertz CT molecular complexity index is 557. The van der Waals surface area contributed by atoms with Gasteiger partial charge in [-0.05, 0) is 43.7 Å². The average Bonchev–Trinajstić information content (AvgIpc) is 2.49. The standard InChI is InChI=1S/C17H24ClN3/c18-14-7-8-15-16(9-12-21-17(15)13-14)20-11-6-4-2-1-3-5-10-19/h7-9,12-13H,1-6,10-11,19H2,(H,20,21). The molecule has 0 spiro atoms. The quantitative estimate of drug-likeness (QED) is 0.666. The van der Waals surface area contributed by atoms with E-state index in [0.717, 1.165) is 41.1 Å². The maximum Gasteiger partial charge on any atom is 0.0737 e. The highest BCUT2D eigenvalue weighted by atomic mass is 35.5. The van der Waals surface area contributed by atoms with E-state index in [-0.39, 0.29) is 0 Å². The molecule has 21 heavy (non-hydrogen) atoms. The van der Waals surface area contributed by atoms with Crippen LogP contribution in [0.25, 0.3) is 10.9 Å². The van der Waals surface area contributed by atoms with Crippen molar-refractivity contribution in [2.24, 2.45) is 5.73 Å². The van der Waals surface area contributed by atoms with Crippen LogP contribution >= 0.6 is 11.6 Å². The van der Waals surface area contributed by atoms with Crippen LogP contribution in [0.15, 0.2) is 30.5 Å². The number of hydrogen-bond donors (Lipinski definition) is 2. The van der Waals surface area contributed by atoms with Gasteiger partial charge in [-0.3, -0.25) is 4.98 Å². The van der Waals surface area contributed by atoms with Gasteiger partial charge in [0, 0.05) is 28.8 Å². The van der Waals surface area contributed by atoms with Crippen molar-refractivity contribution >= 4 is 28.2 Å². The summed E-state index contributed by atoms with van der Waals surface area (Å²) < 4.78 is 0. The highest BCUT2D eigenvalue weighted by Gasteiger charge is 2.02. The van der Waals surface area contributed by atoms with Crippen LogP contribution < -0.4 is 11.1 Å². The lowest BCUT2D eigenvalue weighted by atomic mass is 10.1. The fourth-order valence-electron chi connectivity index (χ4n) is 2.47. The Labute approximate surface area is 131 Å². The molecule has 2 aromatic rings. The topological polar surface area (TPSA) is 50.9 Å². The number of pyridine rings is 1. The van der Waals surface area contributed by atoms with Crippen molar-refractivity contribution in [2.45, 2.75) is 38.5 Å². The number of nitrogens with zero attached hydrogens (tertiary/aromatic N) is 1. The van der Waals surface area contributed by atoms with Crippen LogP contribution in [-0.2, 0) is 0 Å². The first kappa shape index (κ1) is 16.1. The Morgan fingerprint density at radius 2 is 1.76 bits per heavy atom. The van der Waals surface area contributed by atoms with Gasteiger partial charge in [0.1, 0.15) is 0 Å². The minimum Gasteiger partial charge on any atom is -0.384 e. The number of unbranched alkanes of at least 4 members (excludes halogenated alkanes) is 5. The number of halogens is 1. The van der Waals surface area contributed by atoms with Crippen LogP contribution in [0.1, 0.15) is 38.5 Å². The van der Waals surface area contributed by atoms with Crippen LogP contribution in [0.4, 0.5) is 5.69 Å². The Morgan fingerprint density at radius 3 is 2.57 bits per heavy atom. The van der Waals surface area contributed by atoms with E-state index < -0.39 is 0 Å². The molecular formula is C17H24ClN3. The van der Waals surface area contributed by atoms with Crippen molar-refractivity contribution in [2.75, 3.05) is 18.4 Å². The summed E-state index contributed by atoms with van der Waals surface area (Å²) in [5.41, 5.74) is 7.56. The number of anilines is 1. The first-order valence-electron chi connectivity index (χ1n) is 7.79. The van der Waals surface area contributed by atoms with Crippen LogP contribution in [0, 0.1) is 0 Å². The van der Waals surface area contributed by atoms with E-state index in [0.29, 0.717) is 0 Å². The van der Waals surface area contributed by atoms with E-state index in [4.69, 9.17) is 17.3 Å². The number of aromatic nitrogens is 1. The van der Waals surface area contributed by atoms with Crippen LogP contribution in [0.2, 0.25) is 5.02 Å². The lowest BCUT2D eigenvalue weighted by Crippen LogP contribution is -2.02. The molecule has 0 bridgehead atoms. The smallest absolute Gasteiger partial charge is 0.0737 e. The Morgan fingerprint density at radius 1 is 1.00 bits per heavy atom. The SMILES string of the molecule is NCCCCCCCCNc1ccnc2cc(Cl)ccc12. The highest BCUT2D eigenvalue weighted by molar-refractivity contribution is 6.31. The molecule has 4 heteroatoms. The van der Waals surface area contributed by atoms with Gasteiger partial charge >= 0.3 is 0 Å². The largest absolute Gasteiger partial charge is 0.384 e. The van der Waals surface area contributed by atoms with E-state index >= 15 is 0 Å². The molecule has 0 fully saturated rings. The molecule has 0 aliphatic heterocycles. The summed E-state index contributed by atoms with van der Waals surface area (Å²) in [5, 5.41) is 5.36. The minimum absolute atomic E-state index is 0.727. The molecule has 0 aliphatic carbocycles. The molecule has 1 aromatic carbocycles. The zero-order chi connectivity index (χ0) is 14.9. The molecule has 3 nitrogen and oxygen atoms in total. The number of nitrogens with two attached hydrogens (primary N) is 1. The molecule has 0 amide bonds. The first-order chi connectivity index (χ1) is 10.3. The molecule has 2 rings (SSSR count).